The monoisotopic (exact) mass is 297 g/mol. The molecule has 0 aliphatic carbocycles. The molecule has 2 rings (SSSR count). The number of amides is 3. The van der Waals surface area contributed by atoms with E-state index in [4.69, 9.17) is 5.73 Å². The number of nitrogens with two attached hydrogens (primary N) is 1. The molecule has 0 unspecified atom stereocenters. The zero-order valence-corrected chi connectivity index (χ0v) is 12.4. The summed E-state index contributed by atoms with van der Waals surface area (Å²) in [6.07, 6.45) is 1.09. The average molecular weight is 297 g/mol. The SMILES string of the molecule is Cc1cccc(CCC(=O)Nc2cccc(NC(N)=O)c2)c1. The van der Waals surface area contributed by atoms with Crippen LogP contribution < -0.4 is 16.4 Å². The van der Waals surface area contributed by atoms with Gasteiger partial charge in [-0.1, -0.05) is 35.9 Å². The second-order valence-electron chi connectivity index (χ2n) is 5.11. The molecule has 4 N–H and O–H groups in total. The van der Waals surface area contributed by atoms with E-state index in [2.05, 4.69) is 16.7 Å². The van der Waals surface area contributed by atoms with E-state index in [1.165, 1.54) is 5.56 Å². The second kappa shape index (κ2) is 7.26. The van der Waals surface area contributed by atoms with Gasteiger partial charge in [-0.3, -0.25) is 4.79 Å². The first-order valence-electron chi connectivity index (χ1n) is 7.05. The summed E-state index contributed by atoms with van der Waals surface area (Å²) < 4.78 is 0. The molecule has 0 aromatic heterocycles. The highest BCUT2D eigenvalue weighted by Crippen LogP contribution is 2.15. The molecule has 0 fully saturated rings. The lowest BCUT2D eigenvalue weighted by Crippen LogP contribution is -2.19. The van der Waals surface area contributed by atoms with Gasteiger partial charge < -0.3 is 16.4 Å². The standard InChI is InChI=1S/C17H19N3O2/c1-12-4-2-5-13(10-12)8-9-16(21)19-14-6-3-7-15(11-14)20-17(18)22/h2-7,10-11H,8-9H2,1H3,(H,19,21)(H3,18,20,22). The lowest BCUT2D eigenvalue weighted by molar-refractivity contribution is -0.116. The fourth-order valence-electron chi connectivity index (χ4n) is 2.17. The zero-order valence-electron chi connectivity index (χ0n) is 12.4. The van der Waals surface area contributed by atoms with Gasteiger partial charge >= 0.3 is 6.03 Å². The summed E-state index contributed by atoms with van der Waals surface area (Å²) in [5.41, 5.74) is 8.56. The van der Waals surface area contributed by atoms with E-state index in [0.717, 1.165) is 5.56 Å². The Morgan fingerprint density at radius 2 is 1.68 bits per heavy atom. The minimum atomic E-state index is -0.636. The van der Waals surface area contributed by atoms with Crippen LogP contribution in [0.3, 0.4) is 0 Å². The number of anilines is 2. The number of carbonyl (C=O) groups is 2. The van der Waals surface area contributed by atoms with Crippen LogP contribution in [0.5, 0.6) is 0 Å². The molecule has 114 valence electrons. The van der Waals surface area contributed by atoms with E-state index in [0.29, 0.717) is 24.2 Å². The Morgan fingerprint density at radius 1 is 1.00 bits per heavy atom. The lowest BCUT2D eigenvalue weighted by Gasteiger charge is -2.08. The number of benzene rings is 2. The van der Waals surface area contributed by atoms with Crippen LogP contribution in [0, 0.1) is 6.92 Å². The van der Waals surface area contributed by atoms with E-state index in [1.807, 2.05) is 25.1 Å². The quantitative estimate of drug-likeness (QED) is 0.792. The lowest BCUT2D eigenvalue weighted by atomic mass is 10.1. The van der Waals surface area contributed by atoms with Crippen molar-refractivity contribution in [1.82, 2.24) is 0 Å². The Kier molecular flexibility index (Phi) is 5.14. The van der Waals surface area contributed by atoms with E-state index in [1.54, 1.807) is 24.3 Å². The maximum atomic E-state index is 12.0. The second-order valence-corrected chi connectivity index (χ2v) is 5.11. The van der Waals surface area contributed by atoms with Crippen LogP contribution in [-0.4, -0.2) is 11.9 Å². The Labute approximate surface area is 129 Å². The van der Waals surface area contributed by atoms with Crippen LogP contribution in [0.25, 0.3) is 0 Å². The van der Waals surface area contributed by atoms with E-state index in [9.17, 15) is 9.59 Å². The summed E-state index contributed by atoms with van der Waals surface area (Å²) in [4.78, 5) is 22.8. The van der Waals surface area contributed by atoms with E-state index >= 15 is 0 Å². The molecule has 5 heteroatoms. The molecular weight excluding hydrogens is 278 g/mol. The van der Waals surface area contributed by atoms with Crippen LogP contribution in [-0.2, 0) is 11.2 Å². The highest BCUT2D eigenvalue weighted by molar-refractivity contribution is 5.93. The number of nitrogens with one attached hydrogen (secondary N) is 2. The summed E-state index contributed by atoms with van der Waals surface area (Å²) in [6, 6.07) is 14.3. The van der Waals surface area contributed by atoms with Gasteiger partial charge in [0.2, 0.25) is 5.91 Å². The van der Waals surface area contributed by atoms with Crippen molar-refractivity contribution in [2.75, 3.05) is 10.6 Å². The smallest absolute Gasteiger partial charge is 0.316 e. The van der Waals surface area contributed by atoms with Gasteiger partial charge in [0, 0.05) is 17.8 Å². The molecule has 3 amide bonds. The molecule has 0 atom stereocenters. The van der Waals surface area contributed by atoms with Gasteiger partial charge in [0.15, 0.2) is 0 Å². The third-order valence-electron chi connectivity index (χ3n) is 3.14. The van der Waals surface area contributed by atoms with Gasteiger partial charge in [-0.2, -0.15) is 0 Å². The fraction of sp³-hybridized carbons (Fsp3) is 0.176. The number of urea groups is 1. The van der Waals surface area contributed by atoms with Crippen LogP contribution in [0.4, 0.5) is 16.2 Å². The molecule has 2 aromatic carbocycles. The number of aryl methyl sites for hydroxylation is 2. The van der Waals surface area contributed by atoms with Gasteiger partial charge in [-0.15, -0.1) is 0 Å². The van der Waals surface area contributed by atoms with Crippen molar-refractivity contribution < 1.29 is 9.59 Å². The maximum Gasteiger partial charge on any atom is 0.316 e. The molecule has 2 aromatic rings. The van der Waals surface area contributed by atoms with Gasteiger partial charge in [-0.25, -0.2) is 4.79 Å². The Hall–Kier alpha value is -2.82. The summed E-state index contributed by atoms with van der Waals surface area (Å²) in [7, 11) is 0. The normalized spacial score (nSPS) is 10.0. The highest BCUT2D eigenvalue weighted by Gasteiger charge is 2.05. The number of rotatable bonds is 5. The van der Waals surface area contributed by atoms with Crippen molar-refractivity contribution in [2.24, 2.45) is 5.73 Å². The van der Waals surface area contributed by atoms with Crippen LogP contribution in [0.1, 0.15) is 17.5 Å². The van der Waals surface area contributed by atoms with Gasteiger partial charge in [0.25, 0.3) is 0 Å². The molecule has 0 heterocycles. The summed E-state index contributed by atoms with van der Waals surface area (Å²) in [5, 5.41) is 5.28. The van der Waals surface area contributed by atoms with E-state index in [-0.39, 0.29) is 5.91 Å². The molecule has 22 heavy (non-hydrogen) atoms. The molecule has 0 radical (unpaired) electrons. The van der Waals surface area contributed by atoms with Crippen LogP contribution >= 0.6 is 0 Å². The van der Waals surface area contributed by atoms with Crippen molar-refractivity contribution in [2.45, 2.75) is 19.8 Å². The number of hydrogen-bond donors (Lipinski definition) is 3. The number of primary amides is 1. The predicted octanol–water partition coefficient (Wildman–Crippen LogP) is 3.06. The fourth-order valence-corrected chi connectivity index (χ4v) is 2.17. The highest BCUT2D eigenvalue weighted by atomic mass is 16.2. The third-order valence-corrected chi connectivity index (χ3v) is 3.14. The Morgan fingerprint density at radius 3 is 2.36 bits per heavy atom. The Balaban J connectivity index is 1.90. The molecule has 0 aliphatic heterocycles. The summed E-state index contributed by atoms with van der Waals surface area (Å²) in [6.45, 7) is 2.03. The van der Waals surface area contributed by atoms with Crippen molar-refractivity contribution in [1.29, 1.82) is 0 Å². The number of carbonyl (C=O) groups excluding carboxylic acids is 2. The molecule has 0 aliphatic rings. The van der Waals surface area contributed by atoms with Crippen LogP contribution in [0.2, 0.25) is 0 Å². The molecule has 0 spiro atoms. The minimum Gasteiger partial charge on any atom is -0.351 e. The van der Waals surface area contributed by atoms with Gasteiger partial charge in [-0.05, 0) is 37.1 Å². The summed E-state index contributed by atoms with van der Waals surface area (Å²) >= 11 is 0. The zero-order chi connectivity index (χ0) is 15.9. The molecule has 0 saturated heterocycles. The third kappa shape index (κ3) is 4.94. The van der Waals surface area contributed by atoms with Crippen molar-refractivity contribution in [3.05, 3.63) is 59.7 Å². The largest absolute Gasteiger partial charge is 0.351 e. The van der Waals surface area contributed by atoms with Crippen molar-refractivity contribution in [3.63, 3.8) is 0 Å². The Bertz CT molecular complexity index is 683. The van der Waals surface area contributed by atoms with Crippen LogP contribution in [0.15, 0.2) is 48.5 Å². The van der Waals surface area contributed by atoms with Crippen molar-refractivity contribution in [3.8, 4) is 0 Å². The molecule has 0 bridgehead atoms. The molecule has 0 saturated carbocycles. The first kappa shape index (κ1) is 15.6. The minimum absolute atomic E-state index is 0.0715. The first-order valence-corrected chi connectivity index (χ1v) is 7.05. The topological polar surface area (TPSA) is 84.2 Å². The van der Waals surface area contributed by atoms with E-state index < -0.39 is 6.03 Å². The molecular formula is C17H19N3O2. The first-order chi connectivity index (χ1) is 10.5. The van der Waals surface area contributed by atoms with Gasteiger partial charge in [0.1, 0.15) is 0 Å². The summed E-state index contributed by atoms with van der Waals surface area (Å²) in [5.74, 6) is -0.0715. The van der Waals surface area contributed by atoms with Crippen molar-refractivity contribution >= 4 is 23.3 Å². The van der Waals surface area contributed by atoms with Gasteiger partial charge in [0.05, 0.1) is 0 Å². The maximum absolute atomic E-state index is 12.0. The predicted molar refractivity (Wildman–Crippen MR) is 87.8 cm³/mol. The molecule has 5 nitrogen and oxygen atoms in total. The average Bonchev–Trinajstić information content (AvgIpc) is 2.45. The number of hydrogen-bond acceptors (Lipinski definition) is 2.